The van der Waals surface area contributed by atoms with E-state index in [2.05, 4.69) is 13.5 Å². The Morgan fingerprint density at radius 3 is 2.54 bits per heavy atom. The SMILES string of the molecule is C=C(C)C(=O)OC(CC)CC(=O)OC1(c2ccccc2)CCCCC1C. The minimum atomic E-state index is -0.590. The van der Waals surface area contributed by atoms with Gasteiger partial charge in [0, 0.05) is 11.5 Å². The van der Waals surface area contributed by atoms with E-state index in [1.165, 1.54) is 0 Å². The van der Waals surface area contributed by atoms with Crippen molar-refractivity contribution in [2.45, 2.75) is 71.0 Å². The van der Waals surface area contributed by atoms with Crippen LogP contribution in [0.5, 0.6) is 0 Å². The van der Waals surface area contributed by atoms with Crippen LogP contribution in [0.1, 0.15) is 64.9 Å². The van der Waals surface area contributed by atoms with Gasteiger partial charge in [0.05, 0.1) is 6.42 Å². The first kappa shape index (κ1) is 20.2. The third-order valence-corrected chi connectivity index (χ3v) is 5.26. The van der Waals surface area contributed by atoms with Gasteiger partial charge in [0.2, 0.25) is 0 Å². The highest BCUT2D eigenvalue weighted by atomic mass is 16.6. The summed E-state index contributed by atoms with van der Waals surface area (Å²) in [5, 5.41) is 0. The Bertz CT molecular complexity index is 637. The molecular weight excluding hydrogens is 328 g/mol. The van der Waals surface area contributed by atoms with Crippen molar-refractivity contribution in [2.75, 3.05) is 0 Å². The normalized spacial score (nSPS) is 23.7. The van der Waals surface area contributed by atoms with Gasteiger partial charge in [0.25, 0.3) is 0 Å². The van der Waals surface area contributed by atoms with Gasteiger partial charge in [-0.2, -0.15) is 0 Å². The Morgan fingerprint density at radius 1 is 1.27 bits per heavy atom. The number of carbonyl (C=O) groups excluding carboxylic acids is 2. The molecule has 26 heavy (non-hydrogen) atoms. The van der Waals surface area contributed by atoms with E-state index in [0.717, 1.165) is 31.2 Å². The highest BCUT2D eigenvalue weighted by Crippen LogP contribution is 2.45. The molecule has 4 heteroatoms. The lowest BCUT2D eigenvalue weighted by Gasteiger charge is -2.42. The van der Waals surface area contributed by atoms with Gasteiger partial charge in [-0.15, -0.1) is 0 Å². The molecule has 1 saturated carbocycles. The quantitative estimate of drug-likeness (QED) is 0.513. The number of benzene rings is 1. The maximum absolute atomic E-state index is 12.7. The van der Waals surface area contributed by atoms with Crippen molar-refractivity contribution in [3.05, 3.63) is 48.0 Å². The van der Waals surface area contributed by atoms with Gasteiger partial charge in [-0.1, -0.05) is 57.2 Å². The lowest BCUT2D eigenvalue weighted by atomic mass is 9.72. The van der Waals surface area contributed by atoms with Gasteiger partial charge < -0.3 is 9.47 Å². The largest absolute Gasteiger partial charge is 0.458 e. The lowest BCUT2D eigenvalue weighted by Crippen LogP contribution is -2.41. The Kier molecular flexibility index (Phi) is 7.01. The molecule has 2 rings (SSSR count). The minimum Gasteiger partial charge on any atom is -0.458 e. The Hall–Kier alpha value is -2.10. The van der Waals surface area contributed by atoms with E-state index < -0.39 is 17.7 Å². The predicted octanol–water partition coefficient (Wildman–Crippen LogP) is 4.92. The molecule has 0 bridgehead atoms. The molecule has 0 N–H and O–H groups in total. The first-order valence-electron chi connectivity index (χ1n) is 9.53. The fraction of sp³-hybridized carbons (Fsp3) is 0.545. The molecule has 3 atom stereocenters. The molecule has 0 spiro atoms. The summed E-state index contributed by atoms with van der Waals surface area (Å²) < 4.78 is 11.4. The van der Waals surface area contributed by atoms with Crippen LogP contribution in [0.15, 0.2) is 42.5 Å². The zero-order valence-corrected chi connectivity index (χ0v) is 16.1. The molecule has 1 aromatic rings. The topological polar surface area (TPSA) is 52.6 Å². The monoisotopic (exact) mass is 358 g/mol. The van der Waals surface area contributed by atoms with Crippen molar-refractivity contribution in [3.63, 3.8) is 0 Å². The Labute approximate surface area is 156 Å². The second-order valence-electron chi connectivity index (χ2n) is 7.30. The summed E-state index contributed by atoms with van der Waals surface area (Å²) in [6, 6.07) is 10.0. The smallest absolute Gasteiger partial charge is 0.333 e. The summed E-state index contributed by atoms with van der Waals surface area (Å²) in [5.74, 6) is -0.530. The second-order valence-corrected chi connectivity index (χ2v) is 7.30. The van der Waals surface area contributed by atoms with Crippen molar-refractivity contribution in [1.82, 2.24) is 0 Å². The van der Waals surface area contributed by atoms with Crippen LogP contribution in [0.3, 0.4) is 0 Å². The van der Waals surface area contributed by atoms with Gasteiger partial charge in [-0.3, -0.25) is 4.79 Å². The van der Waals surface area contributed by atoms with Gasteiger partial charge in [0.1, 0.15) is 11.7 Å². The van der Waals surface area contributed by atoms with E-state index >= 15 is 0 Å². The van der Waals surface area contributed by atoms with Crippen molar-refractivity contribution < 1.29 is 19.1 Å². The molecule has 1 aromatic carbocycles. The summed E-state index contributed by atoms with van der Waals surface area (Å²) >= 11 is 0. The number of rotatable bonds is 7. The van der Waals surface area contributed by atoms with E-state index in [1.54, 1.807) is 6.92 Å². The molecule has 0 amide bonds. The van der Waals surface area contributed by atoms with Crippen LogP contribution in [0.2, 0.25) is 0 Å². The molecule has 1 aliphatic rings. The molecule has 0 radical (unpaired) electrons. The molecule has 142 valence electrons. The molecule has 0 aliphatic heterocycles. The highest BCUT2D eigenvalue weighted by molar-refractivity contribution is 5.87. The van der Waals surface area contributed by atoms with Gasteiger partial charge in [-0.05, 0) is 38.2 Å². The summed E-state index contributed by atoms with van der Waals surface area (Å²) in [6.07, 6.45) is 4.18. The Balaban J connectivity index is 2.14. The molecular formula is C22H30O4. The zero-order valence-electron chi connectivity index (χ0n) is 16.1. The summed E-state index contributed by atoms with van der Waals surface area (Å²) in [7, 11) is 0. The number of ether oxygens (including phenoxy) is 2. The average molecular weight is 358 g/mol. The molecule has 0 aromatic heterocycles. The molecule has 4 nitrogen and oxygen atoms in total. The lowest BCUT2D eigenvalue weighted by molar-refractivity contribution is -0.176. The minimum absolute atomic E-state index is 0.0663. The fourth-order valence-electron chi connectivity index (χ4n) is 3.63. The standard InChI is InChI=1S/C22H30O4/c1-5-19(25-21(24)16(2)3)15-20(23)26-22(14-10-9-11-17(22)4)18-12-7-6-8-13-18/h6-8,12-13,17,19H,2,5,9-11,14-15H2,1,3-4H3. The summed E-state index contributed by atoms with van der Waals surface area (Å²) in [5.41, 5.74) is 0.791. The van der Waals surface area contributed by atoms with E-state index in [-0.39, 0.29) is 18.3 Å². The van der Waals surface area contributed by atoms with Gasteiger partial charge >= 0.3 is 11.9 Å². The summed E-state index contributed by atoms with van der Waals surface area (Å²) in [6.45, 7) is 9.22. The number of hydrogen-bond donors (Lipinski definition) is 0. The first-order valence-corrected chi connectivity index (χ1v) is 9.53. The van der Waals surface area contributed by atoms with Crippen molar-refractivity contribution in [2.24, 2.45) is 5.92 Å². The molecule has 3 unspecified atom stereocenters. The zero-order chi connectivity index (χ0) is 19.2. The molecule has 0 saturated heterocycles. The number of hydrogen-bond acceptors (Lipinski definition) is 4. The van der Waals surface area contributed by atoms with E-state index in [0.29, 0.717) is 12.0 Å². The van der Waals surface area contributed by atoms with Crippen LogP contribution in [0, 0.1) is 5.92 Å². The van der Waals surface area contributed by atoms with Crippen LogP contribution >= 0.6 is 0 Å². The average Bonchev–Trinajstić information content (AvgIpc) is 2.63. The first-order chi connectivity index (χ1) is 12.4. The van der Waals surface area contributed by atoms with E-state index in [1.807, 2.05) is 37.3 Å². The number of carbonyl (C=O) groups is 2. The van der Waals surface area contributed by atoms with Crippen molar-refractivity contribution in [1.29, 1.82) is 0 Å². The van der Waals surface area contributed by atoms with Gasteiger partial charge in [0.15, 0.2) is 0 Å². The van der Waals surface area contributed by atoms with Crippen LogP contribution < -0.4 is 0 Å². The highest BCUT2D eigenvalue weighted by Gasteiger charge is 2.43. The molecule has 1 aliphatic carbocycles. The molecule has 0 heterocycles. The predicted molar refractivity (Wildman–Crippen MR) is 101 cm³/mol. The van der Waals surface area contributed by atoms with E-state index in [4.69, 9.17) is 9.47 Å². The summed E-state index contributed by atoms with van der Waals surface area (Å²) in [4.78, 5) is 24.5. The van der Waals surface area contributed by atoms with Crippen molar-refractivity contribution in [3.8, 4) is 0 Å². The number of esters is 2. The van der Waals surface area contributed by atoms with Crippen LogP contribution in [0.25, 0.3) is 0 Å². The van der Waals surface area contributed by atoms with Crippen molar-refractivity contribution >= 4 is 11.9 Å². The van der Waals surface area contributed by atoms with Crippen LogP contribution in [-0.2, 0) is 24.7 Å². The van der Waals surface area contributed by atoms with E-state index in [9.17, 15) is 9.59 Å². The third kappa shape index (κ3) is 4.75. The van der Waals surface area contributed by atoms with Gasteiger partial charge in [-0.25, -0.2) is 4.79 Å². The fourth-order valence-corrected chi connectivity index (χ4v) is 3.63. The van der Waals surface area contributed by atoms with Crippen LogP contribution in [0.4, 0.5) is 0 Å². The maximum atomic E-state index is 12.7. The molecule has 1 fully saturated rings. The third-order valence-electron chi connectivity index (χ3n) is 5.26. The second kappa shape index (κ2) is 9.02. The van der Waals surface area contributed by atoms with Crippen LogP contribution in [-0.4, -0.2) is 18.0 Å². The Morgan fingerprint density at radius 2 is 1.96 bits per heavy atom. The maximum Gasteiger partial charge on any atom is 0.333 e.